The molecule has 1 atom stereocenters. The summed E-state index contributed by atoms with van der Waals surface area (Å²) in [7, 11) is 0. The van der Waals surface area contributed by atoms with Gasteiger partial charge in [-0.05, 0) is 35.9 Å². The van der Waals surface area contributed by atoms with Crippen LogP contribution in [0.4, 0.5) is 5.69 Å². The smallest absolute Gasteiger partial charge is 0.349 e. The Kier molecular flexibility index (Phi) is 6.47. The van der Waals surface area contributed by atoms with Gasteiger partial charge in [-0.2, -0.15) is 5.26 Å². The Morgan fingerprint density at radius 2 is 1.79 bits per heavy atom. The molecule has 10 heteroatoms. The quantitative estimate of drug-likeness (QED) is 0.215. The Labute approximate surface area is 202 Å². The second kappa shape index (κ2) is 9.64. The van der Waals surface area contributed by atoms with E-state index in [0.717, 1.165) is 10.0 Å². The molecule has 0 radical (unpaired) electrons. The minimum Gasteiger partial charge on any atom is -0.482 e. The number of nitrogens with two attached hydrogens (primary N) is 1. The van der Waals surface area contributed by atoms with Crippen LogP contribution in [0.5, 0.6) is 17.2 Å². The van der Waals surface area contributed by atoms with E-state index in [1.54, 1.807) is 12.1 Å². The van der Waals surface area contributed by atoms with Crippen LogP contribution in [0.1, 0.15) is 17.0 Å². The van der Waals surface area contributed by atoms with Crippen LogP contribution in [-0.4, -0.2) is 17.5 Å². The number of halogens is 1. The molecule has 0 amide bonds. The van der Waals surface area contributed by atoms with Gasteiger partial charge < -0.3 is 19.9 Å². The van der Waals surface area contributed by atoms with Crippen molar-refractivity contribution in [3.63, 3.8) is 0 Å². The molecule has 0 aliphatic carbocycles. The predicted octanol–water partition coefficient (Wildman–Crippen LogP) is 4.56. The summed E-state index contributed by atoms with van der Waals surface area (Å²) < 4.78 is 17.2. The highest BCUT2D eigenvalue weighted by Crippen LogP contribution is 2.43. The molecule has 0 spiro atoms. The van der Waals surface area contributed by atoms with Crippen molar-refractivity contribution in [2.75, 3.05) is 6.61 Å². The summed E-state index contributed by atoms with van der Waals surface area (Å²) in [5.41, 5.74) is 7.77. The van der Waals surface area contributed by atoms with Crippen molar-refractivity contribution in [3.05, 3.63) is 104 Å². The zero-order valence-corrected chi connectivity index (χ0v) is 19.0. The normalized spacial score (nSPS) is 14.4. The maximum absolute atomic E-state index is 12.2. The molecule has 0 saturated heterocycles. The standard InChI is InChI=1S/C24H16BrN3O6/c25-15-3-1-14(2-4-15)23-19-10-9-18(11-21(19)34-24(27)20(23)12-26)33-22(29)13-32-17-7-5-16(6-8-17)28(30)31/h1-11,23H,13,27H2. The lowest BCUT2D eigenvalue weighted by Gasteiger charge is -2.26. The average molecular weight is 522 g/mol. The van der Waals surface area contributed by atoms with Gasteiger partial charge in [0.15, 0.2) is 6.61 Å². The molecule has 2 N–H and O–H groups in total. The van der Waals surface area contributed by atoms with E-state index in [-0.39, 0.29) is 28.6 Å². The zero-order chi connectivity index (χ0) is 24.2. The number of fused-ring (bicyclic) bond motifs is 1. The summed E-state index contributed by atoms with van der Waals surface area (Å²) in [5.74, 6) is -0.273. The van der Waals surface area contributed by atoms with Crippen LogP contribution in [0.25, 0.3) is 0 Å². The van der Waals surface area contributed by atoms with Crippen molar-refractivity contribution in [1.29, 1.82) is 5.26 Å². The van der Waals surface area contributed by atoms with Crippen molar-refractivity contribution >= 4 is 27.6 Å². The van der Waals surface area contributed by atoms with Gasteiger partial charge in [-0.15, -0.1) is 0 Å². The van der Waals surface area contributed by atoms with Crippen LogP contribution in [-0.2, 0) is 4.79 Å². The Morgan fingerprint density at radius 3 is 2.44 bits per heavy atom. The first-order valence-electron chi connectivity index (χ1n) is 9.90. The summed E-state index contributed by atoms with van der Waals surface area (Å²) in [4.78, 5) is 22.4. The minimum atomic E-state index is -0.681. The van der Waals surface area contributed by atoms with E-state index in [2.05, 4.69) is 22.0 Å². The molecule has 1 aliphatic rings. The molecule has 0 aromatic heterocycles. The number of hydrogen-bond acceptors (Lipinski definition) is 8. The number of esters is 1. The van der Waals surface area contributed by atoms with Gasteiger partial charge in [-0.1, -0.05) is 34.1 Å². The lowest BCUT2D eigenvalue weighted by molar-refractivity contribution is -0.384. The Bertz CT molecular complexity index is 1330. The molecule has 1 unspecified atom stereocenters. The third-order valence-electron chi connectivity index (χ3n) is 5.03. The number of nitro benzene ring substituents is 1. The molecular formula is C24H16BrN3O6. The summed E-state index contributed by atoms with van der Waals surface area (Å²) in [6, 6.07) is 19.8. The van der Waals surface area contributed by atoms with E-state index in [1.165, 1.54) is 30.3 Å². The number of benzene rings is 3. The fourth-order valence-corrected chi connectivity index (χ4v) is 3.73. The van der Waals surface area contributed by atoms with Crippen molar-refractivity contribution in [3.8, 4) is 23.3 Å². The van der Waals surface area contributed by atoms with Crippen LogP contribution in [0.2, 0.25) is 0 Å². The number of carbonyl (C=O) groups excluding carboxylic acids is 1. The van der Waals surface area contributed by atoms with E-state index in [1.807, 2.05) is 24.3 Å². The highest BCUT2D eigenvalue weighted by atomic mass is 79.9. The highest BCUT2D eigenvalue weighted by molar-refractivity contribution is 9.10. The third-order valence-corrected chi connectivity index (χ3v) is 5.56. The summed E-state index contributed by atoms with van der Waals surface area (Å²) in [6.45, 7) is -0.405. The van der Waals surface area contributed by atoms with Crippen LogP contribution >= 0.6 is 15.9 Å². The Balaban J connectivity index is 1.49. The number of nitriles is 1. The Morgan fingerprint density at radius 1 is 1.12 bits per heavy atom. The number of allylic oxidation sites excluding steroid dienone is 1. The number of nitro groups is 1. The number of nitrogens with zero attached hydrogens (tertiary/aromatic N) is 2. The molecule has 170 valence electrons. The summed E-state index contributed by atoms with van der Waals surface area (Å²) in [5, 5.41) is 20.4. The fraction of sp³-hybridized carbons (Fsp3) is 0.0833. The first-order chi connectivity index (χ1) is 16.4. The number of rotatable bonds is 6. The first kappa shape index (κ1) is 22.8. The molecular weight excluding hydrogens is 506 g/mol. The van der Waals surface area contributed by atoms with Gasteiger partial charge in [-0.25, -0.2) is 4.79 Å². The van der Waals surface area contributed by atoms with Crippen LogP contribution < -0.4 is 19.9 Å². The van der Waals surface area contributed by atoms with Gasteiger partial charge in [0.2, 0.25) is 5.88 Å². The van der Waals surface area contributed by atoms with Crippen molar-refractivity contribution < 1.29 is 23.9 Å². The Hall–Kier alpha value is -4.36. The largest absolute Gasteiger partial charge is 0.482 e. The lowest BCUT2D eigenvalue weighted by atomic mass is 9.83. The van der Waals surface area contributed by atoms with Crippen LogP contribution in [0, 0.1) is 21.4 Å². The van der Waals surface area contributed by atoms with Crippen molar-refractivity contribution in [1.82, 2.24) is 0 Å². The molecule has 3 aromatic carbocycles. The topological polar surface area (TPSA) is 138 Å². The molecule has 4 rings (SSSR count). The third kappa shape index (κ3) is 4.84. The predicted molar refractivity (Wildman–Crippen MR) is 124 cm³/mol. The van der Waals surface area contributed by atoms with Crippen molar-refractivity contribution in [2.45, 2.75) is 5.92 Å². The summed E-state index contributed by atoms with van der Waals surface area (Å²) in [6.07, 6.45) is 0. The molecule has 9 nitrogen and oxygen atoms in total. The fourth-order valence-electron chi connectivity index (χ4n) is 3.46. The summed E-state index contributed by atoms with van der Waals surface area (Å²) >= 11 is 3.40. The van der Waals surface area contributed by atoms with Crippen molar-refractivity contribution in [2.24, 2.45) is 5.73 Å². The maximum atomic E-state index is 12.2. The maximum Gasteiger partial charge on any atom is 0.349 e. The minimum absolute atomic E-state index is 0.0205. The van der Waals surface area contributed by atoms with Gasteiger partial charge in [0.25, 0.3) is 5.69 Å². The SMILES string of the molecule is N#CC1=C(N)Oc2cc(OC(=O)COc3ccc([N+](=O)[O-])cc3)ccc2C1c1ccc(Br)cc1. The number of non-ortho nitro benzene ring substituents is 1. The highest BCUT2D eigenvalue weighted by Gasteiger charge is 2.31. The molecule has 1 heterocycles. The molecule has 0 saturated carbocycles. The first-order valence-corrected chi connectivity index (χ1v) is 10.7. The van der Waals surface area contributed by atoms with Crippen LogP contribution in [0.3, 0.4) is 0 Å². The van der Waals surface area contributed by atoms with Gasteiger partial charge in [-0.3, -0.25) is 10.1 Å². The molecule has 34 heavy (non-hydrogen) atoms. The number of ether oxygens (including phenoxy) is 3. The van der Waals surface area contributed by atoms with Gasteiger partial charge in [0.05, 0.1) is 10.8 Å². The number of hydrogen-bond donors (Lipinski definition) is 1. The average Bonchev–Trinajstić information content (AvgIpc) is 2.82. The van der Waals surface area contributed by atoms with E-state index in [0.29, 0.717) is 11.3 Å². The number of carbonyl (C=O) groups is 1. The van der Waals surface area contributed by atoms with E-state index in [4.69, 9.17) is 19.9 Å². The van der Waals surface area contributed by atoms with Gasteiger partial charge >= 0.3 is 5.97 Å². The van der Waals surface area contributed by atoms with Crippen LogP contribution in [0.15, 0.2) is 82.7 Å². The second-order valence-corrected chi connectivity index (χ2v) is 8.11. The second-order valence-electron chi connectivity index (χ2n) is 7.19. The molecule has 0 bridgehead atoms. The zero-order valence-electron chi connectivity index (χ0n) is 17.4. The van der Waals surface area contributed by atoms with E-state index < -0.39 is 23.4 Å². The molecule has 0 fully saturated rings. The van der Waals surface area contributed by atoms with Gasteiger partial charge in [0, 0.05) is 28.2 Å². The monoisotopic (exact) mass is 521 g/mol. The van der Waals surface area contributed by atoms with E-state index >= 15 is 0 Å². The van der Waals surface area contributed by atoms with Gasteiger partial charge in [0.1, 0.15) is 28.9 Å². The van der Waals surface area contributed by atoms with E-state index in [9.17, 15) is 20.2 Å². The molecule has 3 aromatic rings. The molecule has 1 aliphatic heterocycles. The lowest BCUT2D eigenvalue weighted by Crippen LogP contribution is -2.21.